The molecular formula is C22H34BrNO2. The first-order chi connectivity index (χ1) is 12.7. The van der Waals surface area contributed by atoms with Crippen molar-refractivity contribution in [2.45, 2.75) is 51.4 Å². The summed E-state index contributed by atoms with van der Waals surface area (Å²) in [7, 11) is 1.74. The van der Waals surface area contributed by atoms with E-state index in [2.05, 4.69) is 33.0 Å². The number of aliphatic hydroxyl groups excluding tert-OH is 1. The molecule has 1 aliphatic heterocycles. The summed E-state index contributed by atoms with van der Waals surface area (Å²) in [6, 6.07) is 6.30. The Morgan fingerprint density at radius 3 is 2.50 bits per heavy atom. The van der Waals surface area contributed by atoms with Crippen LogP contribution in [0.1, 0.15) is 50.5 Å². The number of methoxy groups -OCH3 is 1. The van der Waals surface area contributed by atoms with E-state index in [-0.39, 0.29) is 0 Å². The van der Waals surface area contributed by atoms with E-state index in [0.29, 0.717) is 6.61 Å². The standard InChI is InChI=1S/C22H34BrNO2/c1-26-21-6-7-22(23)20(15-21)14-19-9-12-24(16-19)11-8-17-2-4-18(5-3-17)10-13-25/h6-7,15,17-19,25H,2-5,8-14,16H2,1H3. The van der Waals surface area contributed by atoms with Crippen molar-refractivity contribution in [3.8, 4) is 5.75 Å². The second-order valence-electron chi connectivity index (χ2n) is 8.30. The quantitative estimate of drug-likeness (QED) is 0.644. The lowest BCUT2D eigenvalue weighted by Gasteiger charge is -2.29. The molecule has 1 aromatic rings. The normalized spacial score (nSPS) is 27.0. The number of nitrogens with zero attached hydrogens (tertiary/aromatic N) is 1. The third-order valence-corrected chi connectivity index (χ3v) is 7.26. The summed E-state index contributed by atoms with van der Waals surface area (Å²) >= 11 is 3.70. The highest BCUT2D eigenvalue weighted by Gasteiger charge is 2.25. The van der Waals surface area contributed by atoms with Gasteiger partial charge in [-0.05, 0) is 80.3 Å². The van der Waals surface area contributed by atoms with Crippen molar-refractivity contribution in [1.82, 2.24) is 4.90 Å². The summed E-state index contributed by atoms with van der Waals surface area (Å²) in [5, 5.41) is 9.09. The summed E-state index contributed by atoms with van der Waals surface area (Å²) in [4.78, 5) is 2.68. The van der Waals surface area contributed by atoms with Gasteiger partial charge in [0.2, 0.25) is 0 Å². The van der Waals surface area contributed by atoms with Gasteiger partial charge in [0, 0.05) is 17.6 Å². The molecule has 2 aliphatic rings. The van der Waals surface area contributed by atoms with E-state index in [0.717, 1.165) is 36.3 Å². The maximum Gasteiger partial charge on any atom is 0.119 e. The fraction of sp³-hybridized carbons (Fsp3) is 0.727. The molecule has 0 aromatic heterocycles. The number of aliphatic hydroxyl groups is 1. The summed E-state index contributed by atoms with van der Waals surface area (Å²) in [5.41, 5.74) is 1.37. The Bertz CT molecular complexity index is 557. The van der Waals surface area contributed by atoms with Gasteiger partial charge in [0.15, 0.2) is 0 Å². The molecule has 1 N–H and O–H groups in total. The zero-order valence-corrected chi connectivity index (χ0v) is 17.7. The minimum Gasteiger partial charge on any atom is -0.497 e. The zero-order valence-electron chi connectivity index (χ0n) is 16.1. The van der Waals surface area contributed by atoms with Crippen LogP contribution in [0.15, 0.2) is 22.7 Å². The molecule has 1 unspecified atom stereocenters. The van der Waals surface area contributed by atoms with Crippen LogP contribution in [-0.2, 0) is 6.42 Å². The lowest BCUT2D eigenvalue weighted by atomic mass is 9.79. The Balaban J connectivity index is 1.39. The van der Waals surface area contributed by atoms with Gasteiger partial charge < -0.3 is 14.7 Å². The topological polar surface area (TPSA) is 32.7 Å². The van der Waals surface area contributed by atoms with Gasteiger partial charge in [0.1, 0.15) is 5.75 Å². The fourth-order valence-electron chi connectivity index (χ4n) is 4.78. The number of benzene rings is 1. The third-order valence-electron chi connectivity index (χ3n) is 6.49. The number of ether oxygens (including phenoxy) is 1. The van der Waals surface area contributed by atoms with Crippen LogP contribution in [0, 0.1) is 17.8 Å². The van der Waals surface area contributed by atoms with E-state index in [1.807, 2.05) is 6.07 Å². The van der Waals surface area contributed by atoms with Crippen LogP contribution in [0.2, 0.25) is 0 Å². The molecule has 1 atom stereocenters. The highest BCUT2D eigenvalue weighted by atomic mass is 79.9. The van der Waals surface area contributed by atoms with Crippen LogP contribution in [0.4, 0.5) is 0 Å². The van der Waals surface area contributed by atoms with Crippen molar-refractivity contribution in [1.29, 1.82) is 0 Å². The predicted octanol–water partition coefficient (Wildman–Crippen LogP) is 4.90. The largest absolute Gasteiger partial charge is 0.497 e. The van der Waals surface area contributed by atoms with Gasteiger partial charge in [-0.15, -0.1) is 0 Å². The van der Waals surface area contributed by atoms with E-state index < -0.39 is 0 Å². The van der Waals surface area contributed by atoms with Crippen molar-refractivity contribution < 1.29 is 9.84 Å². The smallest absolute Gasteiger partial charge is 0.119 e. The van der Waals surface area contributed by atoms with E-state index in [4.69, 9.17) is 9.84 Å². The fourth-order valence-corrected chi connectivity index (χ4v) is 5.19. The van der Waals surface area contributed by atoms with Gasteiger partial charge in [-0.25, -0.2) is 0 Å². The molecule has 1 saturated heterocycles. The maximum absolute atomic E-state index is 9.09. The second-order valence-corrected chi connectivity index (χ2v) is 9.16. The van der Waals surface area contributed by atoms with Crippen LogP contribution in [0.5, 0.6) is 5.75 Å². The van der Waals surface area contributed by atoms with E-state index >= 15 is 0 Å². The number of hydrogen-bond acceptors (Lipinski definition) is 3. The Hall–Kier alpha value is -0.580. The Kier molecular flexibility index (Phi) is 7.83. The van der Waals surface area contributed by atoms with Crippen LogP contribution in [0.25, 0.3) is 0 Å². The third kappa shape index (κ3) is 5.71. The molecule has 0 amide bonds. The Labute approximate surface area is 167 Å². The van der Waals surface area contributed by atoms with Gasteiger partial charge in [0.05, 0.1) is 7.11 Å². The second kappa shape index (κ2) is 10.1. The van der Waals surface area contributed by atoms with Gasteiger partial charge in [-0.2, -0.15) is 0 Å². The average Bonchev–Trinajstić information content (AvgIpc) is 3.11. The van der Waals surface area contributed by atoms with Gasteiger partial charge in [0.25, 0.3) is 0 Å². The molecule has 0 bridgehead atoms. The molecule has 1 aromatic carbocycles. The molecule has 3 nitrogen and oxygen atoms in total. The van der Waals surface area contributed by atoms with Crippen LogP contribution < -0.4 is 4.74 Å². The minimum absolute atomic E-state index is 0.369. The van der Waals surface area contributed by atoms with Crippen molar-refractivity contribution in [3.63, 3.8) is 0 Å². The Morgan fingerprint density at radius 1 is 1.08 bits per heavy atom. The molecule has 3 rings (SSSR count). The van der Waals surface area contributed by atoms with Crippen molar-refractivity contribution in [2.75, 3.05) is 33.4 Å². The first kappa shape index (κ1) is 20.2. The number of halogens is 1. The molecule has 0 radical (unpaired) electrons. The minimum atomic E-state index is 0.369. The number of hydrogen-bond donors (Lipinski definition) is 1. The van der Waals surface area contributed by atoms with Crippen LogP contribution in [-0.4, -0.2) is 43.4 Å². The zero-order chi connectivity index (χ0) is 18.4. The lowest BCUT2D eigenvalue weighted by molar-refractivity contribution is 0.190. The van der Waals surface area contributed by atoms with Gasteiger partial charge in [-0.1, -0.05) is 41.6 Å². The van der Waals surface area contributed by atoms with E-state index in [9.17, 15) is 0 Å². The molecule has 2 fully saturated rings. The first-order valence-corrected chi connectivity index (χ1v) is 11.1. The molecular weight excluding hydrogens is 390 g/mol. The van der Waals surface area contributed by atoms with Crippen molar-refractivity contribution >= 4 is 15.9 Å². The van der Waals surface area contributed by atoms with E-state index in [1.165, 1.54) is 68.2 Å². The highest BCUT2D eigenvalue weighted by Crippen LogP contribution is 2.33. The molecule has 1 aliphatic carbocycles. The van der Waals surface area contributed by atoms with Crippen molar-refractivity contribution in [3.05, 3.63) is 28.2 Å². The number of rotatable bonds is 8. The molecule has 1 saturated carbocycles. The average molecular weight is 424 g/mol. The summed E-state index contributed by atoms with van der Waals surface area (Å²) in [5.74, 6) is 3.42. The van der Waals surface area contributed by atoms with Gasteiger partial charge >= 0.3 is 0 Å². The summed E-state index contributed by atoms with van der Waals surface area (Å²) < 4.78 is 6.58. The van der Waals surface area contributed by atoms with Crippen LogP contribution in [0.3, 0.4) is 0 Å². The molecule has 4 heteroatoms. The highest BCUT2D eigenvalue weighted by molar-refractivity contribution is 9.10. The first-order valence-electron chi connectivity index (χ1n) is 10.3. The monoisotopic (exact) mass is 423 g/mol. The van der Waals surface area contributed by atoms with Crippen LogP contribution >= 0.6 is 15.9 Å². The Morgan fingerprint density at radius 2 is 1.81 bits per heavy atom. The summed E-state index contributed by atoms with van der Waals surface area (Å²) in [6.07, 6.45) is 10.2. The maximum atomic E-state index is 9.09. The molecule has 26 heavy (non-hydrogen) atoms. The van der Waals surface area contributed by atoms with E-state index in [1.54, 1.807) is 7.11 Å². The molecule has 0 spiro atoms. The predicted molar refractivity (Wildman–Crippen MR) is 111 cm³/mol. The molecule has 1 heterocycles. The molecule has 146 valence electrons. The lowest BCUT2D eigenvalue weighted by Crippen LogP contribution is -2.25. The van der Waals surface area contributed by atoms with Gasteiger partial charge in [-0.3, -0.25) is 0 Å². The SMILES string of the molecule is COc1ccc(Br)c(CC2CCN(CCC3CCC(CCO)CC3)C2)c1. The van der Waals surface area contributed by atoms with Crippen molar-refractivity contribution in [2.24, 2.45) is 17.8 Å². The summed E-state index contributed by atoms with van der Waals surface area (Å²) in [6.45, 7) is 4.13. The number of likely N-dealkylation sites (tertiary alicyclic amines) is 1.